The number of hydrogen-bond donors (Lipinski definition) is 0. The molecule has 0 aromatic heterocycles. The molecule has 1 aliphatic rings. The molecule has 1 saturated carbocycles. The Balaban J connectivity index is 2.33. The van der Waals surface area contributed by atoms with Gasteiger partial charge in [0.2, 0.25) is 0 Å². The molecule has 1 aliphatic carbocycles. The molecule has 0 spiro atoms. The molecule has 0 nitrogen and oxygen atoms in total. The zero-order valence-electron chi connectivity index (χ0n) is 5.74. The molecule has 0 bridgehead atoms. The summed E-state index contributed by atoms with van der Waals surface area (Å²) in [5, 5.41) is 0. The summed E-state index contributed by atoms with van der Waals surface area (Å²) in [4.78, 5) is 0. The van der Waals surface area contributed by atoms with Crippen molar-refractivity contribution < 1.29 is 26.1 Å². The van der Waals surface area contributed by atoms with E-state index in [1.165, 1.54) is 32.1 Å². The number of rotatable bonds is 0. The van der Waals surface area contributed by atoms with E-state index in [2.05, 4.69) is 6.92 Å². The van der Waals surface area contributed by atoms with Gasteiger partial charge in [-0.1, -0.05) is 0 Å². The maximum absolute atomic E-state index is 2.47. The van der Waals surface area contributed by atoms with Crippen molar-refractivity contribution in [1.29, 1.82) is 0 Å². The van der Waals surface area contributed by atoms with Crippen LogP contribution in [0.1, 0.15) is 39.0 Å². The third-order valence-corrected chi connectivity index (χ3v) is 4.81. The van der Waals surface area contributed by atoms with Gasteiger partial charge in [-0.3, -0.25) is 0 Å². The Morgan fingerprint density at radius 1 is 1.12 bits per heavy atom. The normalized spacial score (nSPS) is 27.9. The molecule has 0 aliphatic heterocycles. The summed E-state index contributed by atoms with van der Waals surface area (Å²) in [7, 11) is 0. The predicted molar refractivity (Wildman–Crippen MR) is 31.5 cm³/mol. The van der Waals surface area contributed by atoms with Crippen LogP contribution in [0, 0.1) is 0 Å². The topological polar surface area (TPSA) is 0 Å². The third-order valence-electron chi connectivity index (χ3n) is 2.06. The van der Waals surface area contributed by atoms with Crippen LogP contribution in [-0.4, -0.2) is 0 Å². The Kier molecular flexibility index (Phi) is 2.36. The van der Waals surface area contributed by atoms with E-state index in [1.807, 2.05) is 0 Å². The summed E-state index contributed by atoms with van der Waals surface area (Å²) in [6.45, 7) is 2.47. The molecule has 0 saturated heterocycles. The summed E-state index contributed by atoms with van der Waals surface area (Å²) >= 11 is 1.02. The molecule has 1 rings (SSSR count). The van der Waals surface area contributed by atoms with Crippen molar-refractivity contribution >= 4 is 0 Å². The molecule has 0 radical (unpaired) electrons. The number of hydrogen-bond acceptors (Lipinski definition) is 0. The molecule has 1 fully saturated rings. The van der Waals surface area contributed by atoms with Gasteiger partial charge in [-0.15, -0.1) is 0 Å². The summed E-state index contributed by atoms with van der Waals surface area (Å²) in [6.07, 6.45) is 7.61. The summed E-state index contributed by atoms with van der Waals surface area (Å²) < 4.78 is 0.873. The van der Waals surface area contributed by atoms with Gasteiger partial charge < -0.3 is 0 Å². The van der Waals surface area contributed by atoms with Gasteiger partial charge in [-0.05, 0) is 0 Å². The Hall–Kier alpha value is 0.935. The van der Waals surface area contributed by atoms with E-state index >= 15 is 0 Å². The van der Waals surface area contributed by atoms with E-state index < -0.39 is 0 Å². The van der Waals surface area contributed by atoms with E-state index in [9.17, 15) is 0 Å². The molecule has 43 valence electrons. The first kappa shape index (κ1) is 7.05. The summed E-state index contributed by atoms with van der Waals surface area (Å²) in [5.74, 6) is 0. The van der Waals surface area contributed by atoms with E-state index in [0.717, 1.165) is 29.0 Å². The Morgan fingerprint density at radius 3 is 1.88 bits per heavy atom. The average molecular weight is 298 g/mol. The fourth-order valence-corrected chi connectivity index (χ4v) is 3.35. The maximum atomic E-state index is 2.47. The second kappa shape index (κ2) is 2.68. The van der Waals surface area contributed by atoms with Gasteiger partial charge in [0.25, 0.3) is 0 Å². The summed E-state index contributed by atoms with van der Waals surface area (Å²) in [6, 6.07) is 0. The first-order chi connectivity index (χ1) is 3.71. The molecule has 0 amide bonds. The van der Waals surface area contributed by atoms with Gasteiger partial charge in [0, 0.05) is 0 Å². The first-order valence-corrected chi connectivity index (χ1v) is 6.31. The molecular weight excluding hydrogens is 285 g/mol. The van der Waals surface area contributed by atoms with Crippen molar-refractivity contribution in [3.63, 3.8) is 0 Å². The van der Waals surface area contributed by atoms with E-state index in [-0.39, 0.29) is 0 Å². The van der Waals surface area contributed by atoms with Crippen LogP contribution in [0.3, 0.4) is 0 Å². The molecule has 0 aromatic carbocycles. The van der Waals surface area contributed by atoms with Gasteiger partial charge in [0.1, 0.15) is 0 Å². The van der Waals surface area contributed by atoms with E-state index in [4.69, 9.17) is 0 Å². The minimum absolute atomic E-state index is 0.873. The second-order valence-electron chi connectivity index (χ2n) is 3.37. The third kappa shape index (κ3) is 2.04. The molecule has 0 N–H and O–H groups in total. The fourth-order valence-electron chi connectivity index (χ4n) is 1.41. The van der Waals surface area contributed by atoms with Crippen LogP contribution < -0.4 is 0 Å². The second-order valence-corrected chi connectivity index (χ2v) is 10.0. The van der Waals surface area contributed by atoms with Crippen LogP contribution in [0.5, 0.6) is 0 Å². The van der Waals surface area contributed by atoms with Crippen LogP contribution in [-0.2, 0) is 26.1 Å². The zero-order chi connectivity index (χ0) is 6.04. The van der Waals surface area contributed by atoms with Crippen LogP contribution in [0.25, 0.3) is 0 Å². The van der Waals surface area contributed by atoms with Crippen molar-refractivity contribution in [1.82, 2.24) is 0 Å². The molecule has 0 heterocycles. The van der Waals surface area contributed by atoms with E-state index in [0.29, 0.717) is 0 Å². The van der Waals surface area contributed by atoms with Gasteiger partial charge >= 0.3 is 68.1 Å². The first-order valence-electron chi connectivity index (χ1n) is 3.56. The van der Waals surface area contributed by atoms with Crippen molar-refractivity contribution in [2.75, 3.05) is 0 Å². The van der Waals surface area contributed by atoms with Crippen LogP contribution in [0.15, 0.2) is 0 Å². The zero-order valence-corrected chi connectivity index (χ0v) is 11.2. The average Bonchev–Trinajstić information content (AvgIpc) is 1.65. The molecule has 0 aromatic rings. The van der Waals surface area contributed by atoms with Crippen molar-refractivity contribution in [2.24, 2.45) is 0 Å². The van der Waals surface area contributed by atoms with Gasteiger partial charge in [-0.25, -0.2) is 0 Å². The van der Waals surface area contributed by atoms with Crippen molar-refractivity contribution in [2.45, 2.75) is 42.0 Å². The van der Waals surface area contributed by atoms with E-state index in [1.54, 1.807) is 0 Å². The molecule has 0 atom stereocenters. The quantitative estimate of drug-likeness (QED) is 0.603. The van der Waals surface area contributed by atoms with Crippen LogP contribution in [0.2, 0.25) is 2.92 Å². The van der Waals surface area contributed by atoms with Crippen molar-refractivity contribution in [3.8, 4) is 0 Å². The monoisotopic (exact) mass is 299 g/mol. The molecule has 0 unspecified atom stereocenters. The van der Waals surface area contributed by atoms with Gasteiger partial charge in [0.15, 0.2) is 0 Å². The molecular formula is C7H13Hg. The molecule has 1 heteroatoms. The van der Waals surface area contributed by atoms with Gasteiger partial charge in [0.05, 0.1) is 0 Å². The standard InChI is InChI=1S/C7H13.Hg/c1-7-5-3-2-4-6-7;/h2-6H2,1H3;. The van der Waals surface area contributed by atoms with Gasteiger partial charge in [-0.2, -0.15) is 0 Å². The SMILES string of the molecule is C[C]1([Hg])CCCCC1. The predicted octanol–water partition coefficient (Wildman–Crippen LogP) is 2.68. The van der Waals surface area contributed by atoms with Crippen LogP contribution >= 0.6 is 0 Å². The summed E-state index contributed by atoms with van der Waals surface area (Å²) in [5.41, 5.74) is 0. The van der Waals surface area contributed by atoms with Crippen LogP contribution in [0.4, 0.5) is 0 Å². The molecule has 8 heavy (non-hydrogen) atoms. The Labute approximate surface area is 68.0 Å². The Morgan fingerprint density at radius 2 is 1.62 bits per heavy atom. The minimum atomic E-state index is 0.873. The Bertz CT molecular complexity index is 68.5. The van der Waals surface area contributed by atoms with Crippen molar-refractivity contribution in [3.05, 3.63) is 0 Å². The fraction of sp³-hybridized carbons (Fsp3) is 1.00.